The van der Waals surface area contributed by atoms with Crippen molar-refractivity contribution < 1.29 is 8.42 Å². The Morgan fingerprint density at radius 2 is 2.06 bits per heavy atom. The van der Waals surface area contributed by atoms with Gasteiger partial charge in [0.2, 0.25) is 10.0 Å². The van der Waals surface area contributed by atoms with E-state index in [4.69, 9.17) is 11.6 Å². The first kappa shape index (κ1) is 13.8. The molecule has 1 aliphatic carbocycles. The summed E-state index contributed by atoms with van der Waals surface area (Å²) in [6, 6.07) is 5.33. The van der Waals surface area contributed by atoms with Gasteiger partial charge in [-0.2, -0.15) is 4.31 Å². The summed E-state index contributed by atoms with van der Waals surface area (Å²) in [7, 11) is -1.71. The van der Waals surface area contributed by atoms with E-state index in [0.29, 0.717) is 10.8 Å². The molecular formula is C13H18ClNO2S. The summed E-state index contributed by atoms with van der Waals surface area (Å²) in [5.41, 5.74) is 1.90. The van der Waals surface area contributed by atoms with Gasteiger partial charge in [-0.15, -0.1) is 11.6 Å². The first-order chi connectivity index (χ1) is 8.46. The van der Waals surface area contributed by atoms with E-state index in [1.165, 1.54) is 4.31 Å². The van der Waals surface area contributed by atoms with E-state index in [1.807, 2.05) is 13.0 Å². The highest BCUT2D eigenvalue weighted by Gasteiger charge is 2.31. The lowest BCUT2D eigenvalue weighted by atomic mass is 9.94. The zero-order valence-corrected chi connectivity index (χ0v) is 12.3. The second-order valence-electron chi connectivity index (χ2n) is 4.83. The number of hydrogen-bond acceptors (Lipinski definition) is 2. The van der Waals surface area contributed by atoms with Gasteiger partial charge in [-0.25, -0.2) is 8.42 Å². The van der Waals surface area contributed by atoms with Crippen molar-refractivity contribution in [1.82, 2.24) is 4.31 Å². The second kappa shape index (κ2) is 5.19. The van der Waals surface area contributed by atoms with Gasteiger partial charge >= 0.3 is 0 Å². The molecule has 1 aliphatic rings. The molecular weight excluding hydrogens is 270 g/mol. The zero-order valence-electron chi connectivity index (χ0n) is 10.7. The van der Waals surface area contributed by atoms with Crippen LogP contribution in [0, 0.1) is 6.92 Å². The van der Waals surface area contributed by atoms with Gasteiger partial charge < -0.3 is 0 Å². The Balaban J connectivity index is 2.34. The van der Waals surface area contributed by atoms with Crippen LogP contribution in [0.3, 0.4) is 0 Å². The lowest BCUT2D eigenvalue weighted by Crippen LogP contribution is -2.41. The molecule has 0 unspecified atom stereocenters. The van der Waals surface area contributed by atoms with Crippen molar-refractivity contribution in [1.29, 1.82) is 0 Å². The first-order valence-corrected chi connectivity index (χ1v) is 8.08. The Morgan fingerprint density at radius 1 is 1.39 bits per heavy atom. The van der Waals surface area contributed by atoms with Crippen LogP contribution in [0.4, 0.5) is 0 Å². The molecule has 0 aliphatic heterocycles. The minimum Gasteiger partial charge on any atom is -0.207 e. The van der Waals surface area contributed by atoms with Crippen LogP contribution in [0.25, 0.3) is 0 Å². The summed E-state index contributed by atoms with van der Waals surface area (Å²) in [5.74, 6) is 0.336. The molecule has 1 aromatic carbocycles. The standard InChI is InChI=1S/C13H18ClNO2S/c1-10-6-7-13(8-11(10)9-14)18(16,17)15(2)12-4-3-5-12/h6-8,12H,3-5,9H2,1-2H3. The number of nitrogens with zero attached hydrogens (tertiary/aromatic N) is 1. The van der Waals surface area contributed by atoms with Crippen LogP contribution in [0.5, 0.6) is 0 Å². The highest BCUT2D eigenvalue weighted by Crippen LogP contribution is 2.29. The maximum Gasteiger partial charge on any atom is 0.243 e. The fraction of sp³-hybridized carbons (Fsp3) is 0.538. The number of benzene rings is 1. The van der Waals surface area contributed by atoms with E-state index in [2.05, 4.69) is 0 Å². The molecule has 0 radical (unpaired) electrons. The number of halogens is 1. The highest BCUT2D eigenvalue weighted by molar-refractivity contribution is 7.89. The Hall–Kier alpha value is -0.580. The van der Waals surface area contributed by atoms with Crippen molar-refractivity contribution in [2.75, 3.05) is 7.05 Å². The van der Waals surface area contributed by atoms with Crippen molar-refractivity contribution in [3.05, 3.63) is 29.3 Å². The normalized spacial score (nSPS) is 16.9. The topological polar surface area (TPSA) is 37.4 Å². The third kappa shape index (κ3) is 2.42. The molecule has 1 aromatic rings. The van der Waals surface area contributed by atoms with Gasteiger partial charge in [-0.05, 0) is 43.0 Å². The van der Waals surface area contributed by atoms with Crippen molar-refractivity contribution in [2.24, 2.45) is 0 Å². The predicted molar refractivity (Wildman–Crippen MR) is 73.3 cm³/mol. The highest BCUT2D eigenvalue weighted by atomic mass is 35.5. The van der Waals surface area contributed by atoms with Crippen LogP contribution in [-0.2, 0) is 15.9 Å². The summed E-state index contributed by atoms with van der Waals surface area (Å²) in [6.07, 6.45) is 3.04. The van der Waals surface area contributed by atoms with Crippen LogP contribution in [-0.4, -0.2) is 25.8 Å². The van der Waals surface area contributed by atoms with Gasteiger partial charge in [0.1, 0.15) is 0 Å². The van der Waals surface area contributed by atoms with Gasteiger partial charge in [0, 0.05) is 19.0 Å². The smallest absolute Gasteiger partial charge is 0.207 e. The number of aryl methyl sites for hydroxylation is 1. The molecule has 5 heteroatoms. The molecule has 0 saturated heterocycles. The first-order valence-electron chi connectivity index (χ1n) is 6.10. The molecule has 0 heterocycles. The van der Waals surface area contributed by atoms with Gasteiger partial charge in [0.15, 0.2) is 0 Å². The van der Waals surface area contributed by atoms with Gasteiger partial charge in [-0.1, -0.05) is 12.5 Å². The molecule has 0 atom stereocenters. The Labute approximate surface area is 114 Å². The Morgan fingerprint density at radius 3 is 2.56 bits per heavy atom. The Kier molecular flexibility index (Phi) is 3.99. The average Bonchev–Trinajstić information content (AvgIpc) is 2.27. The molecule has 0 aromatic heterocycles. The summed E-state index contributed by atoms with van der Waals surface area (Å²) >= 11 is 5.83. The van der Waals surface area contributed by atoms with Gasteiger partial charge in [0.05, 0.1) is 4.90 Å². The van der Waals surface area contributed by atoms with E-state index in [0.717, 1.165) is 30.4 Å². The van der Waals surface area contributed by atoms with Crippen molar-refractivity contribution in [2.45, 2.75) is 43.0 Å². The fourth-order valence-corrected chi connectivity index (χ4v) is 3.82. The van der Waals surface area contributed by atoms with E-state index in [-0.39, 0.29) is 6.04 Å². The van der Waals surface area contributed by atoms with Crippen LogP contribution in [0.1, 0.15) is 30.4 Å². The quantitative estimate of drug-likeness (QED) is 0.799. The largest absolute Gasteiger partial charge is 0.243 e. The molecule has 100 valence electrons. The minimum atomic E-state index is -3.37. The van der Waals surface area contributed by atoms with Gasteiger partial charge in [0.25, 0.3) is 0 Å². The maximum absolute atomic E-state index is 12.4. The van der Waals surface area contributed by atoms with Gasteiger partial charge in [-0.3, -0.25) is 0 Å². The summed E-state index contributed by atoms with van der Waals surface area (Å²) in [5, 5.41) is 0. The van der Waals surface area contributed by atoms with E-state index in [1.54, 1.807) is 19.2 Å². The molecule has 0 spiro atoms. The predicted octanol–water partition coefficient (Wildman–Crippen LogP) is 2.91. The Bertz CT molecular complexity index is 538. The maximum atomic E-state index is 12.4. The monoisotopic (exact) mass is 287 g/mol. The van der Waals surface area contributed by atoms with Crippen molar-refractivity contribution >= 4 is 21.6 Å². The molecule has 0 bridgehead atoms. The lowest BCUT2D eigenvalue weighted by Gasteiger charge is -2.33. The molecule has 3 nitrogen and oxygen atoms in total. The number of hydrogen-bond donors (Lipinski definition) is 0. The fourth-order valence-electron chi connectivity index (χ4n) is 2.07. The van der Waals surface area contributed by atoms with Crippen molar-refractivity contribution in [3.8, 4) is 0 Å². The third-order valence-electron chi connectivity index (χ3n) is 3.73. The summed E-state index contributed by atoms with van der Waals surface area (Å²) < 4.78 is 26.4. The molecule has 1 saturated carbocycles. The zero-order chi connectivity index (χ0) is 13.3. The molecule has 0 N–H and O–H groups in total. The van der Waals surface area contributed by atoms with E-state index >= 15 is 0 Å². The van der Waals surface area contributed by atoms with Crippen LogP contribution in [0.15, 0.2) is 23.1 Å². The molecule has 2 rings (SSSR count). The minimum absolute atomic E-state index is 0.163. The number of rotatable bonds is 4. The van der Waals surface area contributed by atoms with E-state index < -0.39 is 10.0 Å². The summed E-state index contributed by atoms with van der Waals surface area (Å²) in [6.45, 7) is 1.93. The average molecular weight is 288 g/mol. The number of alkyl halides is 1. The van der Waals surface area contributed by atoms with Crippen LogP contribution >= 0.6 is 11.6 Å². The SMILES string of the molecule is Cc1ccc(S(=O)(=O)N(C)C2CCC2)cc1CCl. The molecule has 0 amide bonds. The van der Waals surface area contributed by atoms with E-state index in [9.17, 15) is 8.42 Å². The second-order valence-corrected chi connectivity index (χ2v) is 7.09. The third-order valence-corrected chi connectivity index (χ3v) is 5.92. The van der Waals surface area contributed by atoms with Crippen LogP contribution in [0.2, 0.25) is 0 Å². The lowest BCUT2D eigenvalue weighted by molar-refractivity contribution is 0.249. The number of sulfonamides is 1. The van der Waals surface area contributed by atoms with Crippen molar-refractivity contribution in [3.63, 3.8) is 0 Å². The molecule has 18 heavy (non-hydrogen) atoms. The molecule has 1 fully saturated rings. The van der Waals surface area contributed by atoms with Crippen LogP contribution < -0.4 is 0 Å². The summed E-state index contributed by atoms with van der Waals surface area (Å²) in [4.78, 5) is 0.346.